The SMILES string of the molecule is CC1=CCC(CC=CC(C)CCO)C1(C)C. The molecule has 1 aliphatic rings. The first kappa shape index (κ1) is 13.5. The fraction of sp³-hybridized carbons (Fsp3) is 0.733. The molecule has 16 heavy (non-hydrogen) atoms. The van der Waals surface area contributed by atoms with Crippen molar-refractivity contribution in [3.63, 3.8) is 0 Å². The molecule has 2 atom stereocenters. The maximum absolute atomic E-state index is 8.82. The van der Waals surface area contributed by atoms with E-state index in [0.29, 0.717) is 17.9 Å². The first-order chi connectivity index (χ1) is 7.48. The first-order valence-corrected chi connectivity index (χ1v) is 6.43. The summed E-state index contributed by atoms with van der Waals surface area (Å²) >= 11 is 0. The highest BCUT2D eigenvalue weighted by atomic mass is 16.2. The van der Waals surface area contributed by atoms with E-state index in [1.807, 2.05) is 0 Å². The zero-order valence-electron chi connectivity index (χ0n) is 11.2. The number of rotatable bonds is 5. The summed E-state index contributed by atoms with van der Waals surface area (Å²) in [5, 5.41) is 8.82. The highest BCUT2D eigenvalue weighted by Crippen LogP contribution is 2.44. The van der Waals surface area contributed by atoms with Gasteiger partial charge in [-0.2, -0.15) is 0 Å². The highest BCUT2D eigenvalue weighted by Gasteiger charge is 2.33. The standard InChI is InChI=1S/C15H26O/c1-12(10-11-16)6-5-7-14-9-8-13(2)15(14,3)4/h5-6,8,12,14,16H,7,9-11H2,1-4H3. The summed E-state index contributed by atoms with van der Waals surface area (Å²) in [6.07, 6.45) is 10.2. The molecule has 1 aliphatic carbocycles. The first-order valence-electron chi connectivity index (χ1n) is 6.43. The summed E-state index contributed by atoms with van der Waals surface area (Å²) in [5.41, 5.74) is 1.90. The Hall–Kier alpha value is -0.560. The second kappa shape index (κ2) is 5.67. The van der Waals surface area contributed by atoms with Gasteiger partial charge in [-0.15, -0.1) is 0 Å². The molecule has 0 amide bonds. The minimum atomic E-state index is 0.293. The monoisotopic (exact) mass is 222 g/mol. The van der Waals surface area contributed by atoms with Crippen molar-refractivity contribution >= 4 is 0 Å². The Kier molecular flexibility index (Phi) is 4.79. The third kappa shape index (κ3) is 3.21. The largest absolute Gasteiger partial charge is 0.396 e. The molecule has 0 aliphatic heterocycles. The molecule has 1 rings (SSSR count). The number of allylic oxidation sites excluding steroid dienone is 4. The lowest BCUT2D eigenvalue weighted by molar-refractivity contribution is 0.273. The Bertz CT molecular complexity index is 273. The van der Waals surface area contributed by atoms with Crippen molar-refractivity contribution in [2.75, 3.05) is 6.61 Å². The molecular weight excluding hydrogens is 196 g/mol. The lowest BCUT2D eigenvalue weighted by Crippen LogP contribution is -2.19. The van der Waals surface area contributed by atoms with Crippen LogP contribution in [0.3, 0.4) is 0 Å². The van der Waals surface area contributed by atoms with Crippen LogP contribution in [0.1, 0.15) is 47.0 Å². The summed E-state index contributed by atoms with van der Waals surface area (Å²) in [7, 11) is 0. The molecule has 2 unspecified atom stereocenters. The minimum absolute atomic E-state index is 0.293. The Morgan fingerprint density at radius 3 is 2.75 bits per heavy atom. The van der Waals surface area contributed by atoms with E-state index in [2.05, 4.69) is 45.9 Å². The van der Waals surface area contributed by atoms with Crippen LogP contribution in [0.25, 0.3) is 0 Å². The van der Waals surface area contributed by atoms with Crippen molar-refractivity contribution in [2.24, 2.45) is 17.3 Å². The minimum Gasteiger partial charge on any atom is -0.396 e. The van der Waals surface area contributed by atoms with Gasteiger partial charge >= 0.3 is 0 Å². The van der Waals surface area contributed by atoms with Crippen molar-refractivity contribution in [3.8, 4) is 0 Å². The smallest absolute Gasteiger partial charge is 0.0436 e. The van der Waals surface area contributed by atoms with Crippen molar-refractivity contribution in [1.29, 1.82) is 0 Å². The summed E-state index contributed by atoms with van der Waals surface area (Å²) < 4.78 is 0. The van der Waals surface area contributed by atoms with Crippen molar-refractivity contribution in [1.82, 2.24) is 0 Å². The third-order valence-electron chi connectivity index (χ3n) is 4.22. The number of hydrogen-bond donors (Lipinski definition) is 1. The number of aliphatic hydroxyl groups excluding tert-OH is 1. The number of hydrogen-bond acceptors (Lipinski definition) is 1. The van der Waals surface area contributed by atoms with Gasteiger partial charge in [-0.3, -0.25) is 0 Å². The molecule has 1 N–H and O–H groups in total. The predicted molar refractivity (Wildman–Crippen MR) is 70.3 cm³/mol. The zero-order valence-corrected chi connectivity index (χ0v) is 11.2. The molecule has 0 aromatic heterocycles. The normalized spacial score (nSPS) is 26.1. The van der Waals surface area contributed by atoms with Gasteiger partial charge in [0, 0.05) is 6.61 Å². The van der Waals surface area contributed by atoms with Gasteiger partial charge in [0.25, 0.3) is 0 Å². The van der Waals surface area contributed by atoms with Crippen molar-refractivity contribution in [3.05, 3.63) is 23.8 Å². The van der Waals surface area contributed by atoms with E-state index in [-0.39, 0.29) is 0 Å². The Labute approximate surface area is 100 Å². The van der Waals surface area contributed by atoms with Gasteiger partial charge in [0.15, 0.2) is 0 Å². The van der Waals surface area contributed by atoms with Gasteiger partial charge in [0.1, 0.15) is 0 Å². The van der Waals surface area contributed by atoms with E-state index < -0.39 is 0 Å². The van der Waals surface area contributed by atoms with Crippen LogP contribution in [0.15, 0.2) is 23.8 Å². The summed E-state index contributed by atoms with van der Waals surface area (Å²) in [6.45, 7) is 9.40. The van der Waals surface area contributed by atoms with Crippen LogP contribution in [-0.2, 0) is 0 Å². The number of aliphatic hydroxyl groups is 1. The van der Waals surface area contributed by atoms with E-state index in [1.54, 1.807) is 0 Å². The molecule has 0 spiro atoms. The molecule has 0 saturated heterocycles. The van der Waals surface area contributed by atoms with E-state index in [1.165, 1.54) is 12.0 Å². The lowest BCUT2D eigenvalue weighted by atomic mass is 9.76. The van der Waals surface area contributed by atoms with Crippen molar-refractivity contribution < 1.29 is 5.11 Å². The van der Waals surface area contributed by atoms with E-state index in [0.717, 1.165) is 18.8 Å². The Morgan fingerprint density at radius 2 is 2.25 bits per heavy atom. The topological polar surface area (TPSA) is 20.2 Å². The van der Waals surface area contributed by atoms with Crippen LogP contribution in [0.5, 0.6) is 0 Å². The lowest BCUT2D eigenvalue weighted by Gasteiger charge is -2.28. The average Bonchev–Trinajstić information content (AvgIpc) is 2.45. The van der Waals surface area contributed by atoms with Gasteiger partial charge in [-0.25, -0.2) is 0 Å². The molecular formula is C15H26O. The summed E-state index contributed by atoms with van der Waals surface area (Å²) in [4.78, 5) is 0. The van der Waals surface area contributed by atoms with Gasteiger partial charge in [0.2, 0.25) is 0 Å². The molecule has 1 nitrogen and oxygen atoms in total. The second-order valence-corrected chi connectivity index (χ2v) is 5.69. The van der Waals surface area contributed by atoms with Gasteiger partial charge in [0.05, 0.1) is 0 Å². The van der Waals surface area contributed by atoms with E-state index >= 15 is 0 Å². The molecule has 0 heterocycles. The highest BCUT2D eigenvalue weighted by molar-refractivity contribution is 5.18. The Balaban J connectivity index is 2.40. The maximum atomic E-state index is 8.82. The van der Waals surface area contributed by atoms with Gasteiger partial charge in [-0.05, 0) is 43.4 Å². The summed E-state index contributed by atoms with van der Waals surface area (Å²) in [6, 6.07) is 0. The summed E-state index contributed by atoms with van der Waals surface area (Å²) in [5.74, 6) is 1.26. The van der Waals surface area contributed by atoms with Crippen LogP contribution in [-0.4, -0.2) is 11.7 Å². The average molecular weight is 222 g/mol. The third-order valence-corrected chi connectivity index (χ3v) is 4.22. The molecule has 92 valence electrons. The fourth-order valence-corrected chi connectivity index (χ4v) is 2.36. The van der Waals surface area contributed by atoms with E-state index in [9.17, 15) is 0 Å². The van der Waals surface area contributed by atoms with Crippen LogP contribution in [0.4, 0.5) is 0 Å². The van der Waals surface area contributed by atoms with Crippen LogP contribution < -0.4 is 0 Å². The van der Waals surface area contributed by atoms with Crippen LogP contribution >= 0.6 is 0 Å². The molecule has 0 radical (unpaired) electrons. The predicted octanol–water partition coefficient (Wildman–Crippen LogP) is 3.94. The quantitative estimate of drug-likeness (QED) is 0.698. The molecule has 1 heteroatoms. The van der Waals surface area contributed by atoms with Crippen LogP contribution in [0, 0.1) is 17.3 Å². The van der Waals surface area contributed by atoms with Gasteiger partial charge < -0.3 is 5.11 Å². The molecule has 0 aromatic rings. The Morgan fingerprint density at radius 1 is 1.56 bits per heavy atom. The second-order valence-electron chi connectivity index (χ2n) is 5.69. The molecule has 0 bridgehead atoms. The van der Waals surface area contributed by atoms with Gasteiger partial charge in [-0.1, -0.05) is 44.6 Å². The molecule has 0 fully saturated rings. The zero-order chi connectivity index (χ0) is 12.2. The molecule has 0 saturated carbocycles. The van der Waals surface area contributed by atoms with Crippen molar-refractivity contribution in [2.45, 2.75) is 47.0 Å². The molecule has 0 aromatic carbocycles. The fourth-order valence-electron chi connectivity index (χ4n) is 2.36. The van der Waals surface area contributed by atoms with Crippen LogP contribution in [0.2, 0.25) is 0 Å². The van der Waals surface area contributed by atoms with E-state index in [4.69, 9.17) is 5.11 Å². The maximum Gasteiger partial charge on any atom is 0.0436 e.